The molecule has 0 heterocycles. The van der Waals surface area contributed by atoms with Crippen molar-refractivity contribution in [1.29, 1.82) is 0 Å². The third-order valence-electron chi connectivity index (χ3n) is 1.54. The van der Waals surface area contributed by atoms with Crippen LogP contribution >= 0.6 is 15.9 Å². The molecule has 0 fully saturated rings. The number of alkyl halides is 1. The molecule has 0 bridgehead atoms. The predicted octanol–water partition coefficient (Wildman–Crippen LogP) is 2.80. The predicted molar refractivity (Wildman–Crippen MR) is 57.0 cm³/mol. The molecule has 0 radical (unpaired) electrons. The van der Waals surface area contributed by atoms with Crippen LogP contribution in [0.2, 0.25) is 13.1 Å². The summed E-state index contributed by atoms with van der Waals surface area (Å²) in [4.78, 5) is 0. The van der Waals surface area contributed by atoms with Gasteiger partial charge in [-0.2, -0.15) is 0 Å². The Kier molecular flexibility index (Phi) is 4.90. The highest BCUT2D eigenvalue weighted by atomic mass is 79.9. The second kappa shape index (κ2) is 4.63. The lowest BCUT2D eigenvalue weighted by Crippen LogP contribution is -2.34. The normalized spacial score (nSPS) is 15.5. The highest BCUT2D eigenvalue weighted by molar-refractivity contribution is 9.09. The van der Waals surface area contributed by atoms with Gasteiger partial charge in [-0.25, -0.2) is 0 Å². The van der Waals surface area contributed by atoms with Crippen LogP contribution in [0.15, 0.2) is 0 Å². The molecule has 3 heteroatoms. The first-order valence-electron chi connectivity index (χ1n) is 4.09. The maximum Gasteiger partial charge on any atom is 0.171 e. The lowest BCUT2D eigenvalue weighted by atomic mass is 9.91. The van der Waals surface area contributed by atoms with Gasteiger partial charge < -0.3 is 4.43 Å². The second-order valence-corrected chi connectivity index (χ2v) is 7.21. The molecule has 0 amide bonds. The molecule has 0 saturated heterocycles. The SMILES string of the molecule is C[SiH](C)OC(CBr)C(C)(C)C. The van der Waals surface area contributed by atoms with Crippen LogP contribution in [0.3, 0.4) is 0 Å². The summed E-state index contributed by atoms with van der Waals surface area (Å²) in [5.74, 6) is 0. The largest absolute Gasteiger partial charge is 0.416 e. The van der Waals surface area contributed by atoms with Gasteiger partial charge in [0.1, 0.15) is 0 Å². The highest BCUT2D eigenvalue weighted by Gasteiger charge is 2.24. The van der Waals surface area contributed by atoms with E-state index in [9.17, 15) is 0 Å². The van der Waals surface area contributed by atoms with E-state index in [1.807, 2.05) is 0 Å². The Morgan fingerprint density at radius 2 is 1.82 bits per heavy atom. The van der Waals surface area contributed by atoms with Crippen LogP contribution in [0.25, 0.3) is 0 Å². The van der Waals surface area contributed by atoms with E-state index in [-0.39, 0.29) is 5.41 Å². The summed E-state index contributed by atoms with van der Waals surface area (Å²) in [6.45, 7) is 11.1. The molecule has 0 aromatic rings. The van der Waals surface area contributed by atoms with Gasteiger partial charge in [-0.3, -0.25) is 0 Å². The van der Waals surface area contributed by atoms with Gasteiger partial charge in [-0.05, 0) is 18.5 Å². The molecule has 0 aliphatic carbocycles. The zero-order chi connectivity index (χ0) is 9.07. The summed E-state index contributed by atoms with van der Waals surface area (Å²) in [6.07, 6.45) is 0.370. The fourth-order valence-corrected chi connectivity index (χ4v) is 3.37. The number of rotatable bonds is 3. The van der Waals surface area contributed by atoms with Gasteiger partial charge in [0.05, 0.1) is 6.10 Å². The van der Waals surface area contributed by atoms with Crippen LogP contribution in [-0.4, -0.2) is 20.5 Å². The van der Waals surface area contributed by atoms with E-state index in [0.717, 1.165) is 5.33 Å². The highest BCUT2D eigenvalue weighted by Crippen LogP contribution is 2.24. The first-order chi connectivity index (χ1) is 4.88. The fraction of sp³-hybridized carbons (Fsp3) is 1.00. The maximum atomic E-state index is 5.86. The van der Waals surface area contributed by atoms with Gasteiger partial charge in [0.15, 0.2) is 9.04 Å². The van der Waals surface area contributed by atoms with Crippen LogP contribution < -0.4 is 0 Å². The Morgan fingerprint density at radius 3 is 1.91 bits per heavy atom. The smallest absolute Gasteiger partial charge is 0.171 e. The standard InChI is InChI=1S/C8H19BrOSi/c1-8(2,3)7(6-9)10-11(4)5/h7,11H,6H2,1-5H3. The Labute approximate surface area is 80.4 Å². The maximum absolute atomic E-state index is 5.86. The topological polar surface area (TPSA) is 9.23 Å². The lowest BCUT2D eigenvalue weighted by Gasteiger charge is -2.31. The van der Waals surface area contributed by atoms with Crippen LogP contribution in [0.5, 0.6) is 0 Å². The van der Waals surface area contributed by atoms with Gasteiger partial charge in [-0.1, -0.05) is 36.7 Å². The summed E-state index contributed by atoms with van der Waals surface area (Å²) in [5.41, 5.74) is 0.265. The van der Waals surface area contributed by atoms with Crippen molar-refractivity contribution in [3.63, 3.8) is 0 Å². The summed E-state index contributed by atoms with van der Waals surface area (Å²) in [7, 11) is -0.876. The zero-order valence-electron chi connectivity index (χ0n) is 8.15. The van der Waals surface area contributed by atoms with E-state index < -0.39 is 9.04 Å². The van der Waals surface area contributed by atoms with Crippen molar-refractivity contribution < 1.29 is 4.43 Å². The Bertz CT molecular complexity index is 109. The molecule has 0 saturated carbocycles. The van der Waals surface area contributed by atoms with Gasteiger partial charge >= 0.3 is 0 Å². The summed E-state index contributed by atoms with van der Waals surface area (Å²) in [6, 6.07) is 0. The monoisotopic (exact) mass is 238 g/mol. The van der Waals surface area contributed by atoms with Crippen molar-refractivity contribution in [2.45, 2.75) is 40.0 Å². The van der Waals surface area contributed by atoms with E-state index in [2.05, 4.69) is 49.8 Å². The average molecular weight is 239 g/mol. The third-order valence-corrected chi connectivity index (χ3v) is 3.00. The molecule has 0 N–H and O–H groups in total. The fourth-order valence-electron chi connectivity index (χ4n) is 0.800. The van der Waals surface area contributed by atoms with Crippen molar-refractivity contribution in [2.75, 3.05) is 5.33 Å². The van der Waals surface area contributed by atoms with Crippen LogP contribution in [0.4, 0.5) is 0 Å². The molecule has 1 unspecified atom stereocenters. The minimum absolute atomic E-state index is 0.265. The van der Waals surface area contributed by atoms with Crippen LogP contribution in [0, 0.1) is 5.41 Å². The third kappa shape index (κ3) is 4.99. The number of halogens is 1. The van der Waals surface area contributed by atoms with Crippen molar-refractivity contribution in [2.24, 2.45) is 5.41 Å². The van der Waals surface area contributed by atoms with Crippen LogP contribution in [-0.2, 0) is 4.43 Å². The van der Waals surface area contributed by atoms with Crippen molar-refractivity contribution in [3.8, 4) is 0 Å². The number of hydrogen-bond acceptors (Lipinski definition) is 1. The summed E-state index contributed by atoms with van der Waals surface area (Å²) in [5, 5.41) is 0.946. The Morgan fingerprint density at radius 1 is 1.36 bits per heavy atom. The van der Waals surface area contributed by atoms with E-state index in [0.29, 0.717) is 6.10 Å². The second-order valence-electron chi connectivity index (χ2n) is 4.19. The quantitative estimate of drug-likeness (QED) is 0.543. The molecule has 1 atom stereocenters. The van der Waals surface area contributed by atoms with Gasteiger partial charge in [0, 0.05) is 5.33 Å². The minimum atomic E-state index is -0.876. The summed E-state index contributed by atoms with van der Waals surface area (Å²) >= 11 is 3.48. The molecule has 0 aliphatic heterocycles. The molecular weight excluding hydrogens is 220 g/mol. The molecule has 11 heavy (non-hydrogen) atoms. The molecular formula is C8H19BrOSi. The molecule has 0 spiro atoms. The van der Waals surface area contributed by atoms with Crippen molar-refractivity contribution >= 4 is 25.0 Å². The minimum Gasteiger partial charge on any atom is -0.416 e. The van der Waals surface area contributed by atoms with Crippen molar-refractivity contribution in [1.82, 2.24) is 0 Å². The van der Waals surface area contributed by atoms with E-state index in [1.165, 1.54) is 0 Å². The van der Waals surface area contributed by atoms with E-state index in [4.69, 9.17) is 4.43 Å². The molecule has 0 aliphatic rings. The molecule has 0 aromatic heterocycles. The first kappa shape index (κ1) is 11.7. The molecule has 68 valence electrons. The van der Waals surface area contributed by atoms with Crippen molar-refractivity contribution in [3.05, 3.63) is 0 Å². The summed E-state index contributed by atoms with van der Waals surface area (Å²) < 4.78 is 5.86. The Hall–Kier alpha value is 0.657. The number of hydrogen-bond donors (Lipinski definition) is 0. The molecule has 0 aromatic carbocycles. The molecule has 0 rings (SSSR count). The zero-order valence-corrected chi connectivity index (χ0v) is 10.9. The Balaban J connectivity index is 3.96. The lowest BCUT2D eigenvalue weighted by molar-refractivity contribution is 0.109. The van der Waals surface area contributed by atoms with Crippen LogP contribution in [0.1, 0.15) is 20.8 Å². The van der Waals surface area contributed by atoms with E-state index >= 15 is 0 Å². The van der Waals surface area contributed by atoms with Gasteiger partial charge in [0.25, 0.3) is 0 Å². The van der Waals surface area contributed by atoms with Gasteiger partial charge in [-0.15, -0.1) is 0 Å². The van der Waals surface area contributed by atoms with Gasteiger partial charge in [0.2, 0.25) is 0 Å². The molecule has 1 nitrogen and oxygen atoms in total. The first-order valence-corrected chi connectivity index (χ1v) is 7.99. The van der Waals surface area contributed by atoms with E-state index in [1.54, 1.807) is 0 Å². The average Bonchev–Trinajstić information content (AvgIpc) is 1.79.